The van der Waals surface area contributed by atoms with Gasteiger partial charge in [-0.05, 0) is 26.3 Å². The van der Waals surface area contributed by atoms with E-state index in [0.717, 1.165) is 19.4 Å². The summed E-state index contributed by atoms with van der Waals surface area (Å²) in [5, 5.41) is 12.4. The molecule has 6 heteroatoms. The largest absolute Gasteiger partial charge is 0.389 e. The first-order valence-electron chi connectivity index (χ1n) is 6.01. The molecular weight excluding hydrogens is 222 g/mol. The number of carbonyl (C=O) groups excluding carboxylic acids is 2. The Balaban J connectivity index is 1.82. The molecule has 3 amide bonds. The van der Waals surface area contributed by atoms with Gasteiger partial charge in [0.2, 0.25) is 5.91 Å². The van der Waals surface area contributed by atoms with Crippen LogP contribution in [0.3, 0.4) is 0 Å². The third-order valence-corrected chi connectivity index (χ3v) is 3.33. The Morgan fingerprint density at radius 1 is 1.41 bits per heavy atom. The van der Waals surface area contributed by atoms with Gasteiger partial charge < -0.3 is 10.4 Å². The molecule has 2 N–H and O–H groups in total. The number of carbonyl (C=O) groups is 2. The molecule has 2 heterocycles. The van der Waals surface area contributed by atoms with Crippen LogP contribution in [0.2, 0.25) is 0 Å². The molecule has 6 nitrogen and oxygen atoms in total. The van der Waals surface area contributed by atoms with Crippen LogP contribution in [0.1, 0.15) is 19.8 Å². The average Bonchev–Trinajstić information content (AvgIpc) is 2.55. The molecule has 2 aliphatic rings. The molecule has 2 fully saturated rings. The molecule has 2 saturated heterocycles. The lowest BCUT2D eigenvalue weighted by atomic mass is 9.95. The van der Waals surface area contributed by atoms with Crippen molar-refractivity contribution in [2.75, 3.05) is 32.7 Å². The number of likely N-dealkylation sites (tertiary alicyclic amines) is 1. The van der Waals surface area contributed by atoms with E-state index in [-0.39, 0.29) is 18.5 Å². The van der Waals surface area contributed by atoms with E-state index in [2.05, 4.69) is 10.2 Å². The Bertz CT molecular complexity index is 314. The Hall–Kier alpha value is -1.14. The van der Waals surface area contributed by atoms with Gasteiger partial charge in [0, 0.05) is 19.6 Å². The van der Waals surface area contributed by atoms with E-state index in [1.807, 2.05) is 6.92 Å². The summed E-state index contributed by atoms with van der Waals surface area (Å²) in [5.74, 6) is -0.168. The smallest absolute Gasteiger partial charge is 0.324 e. The number of piperidine rings is 1. The van der Waals surface area contributed by atoms with E-state index in [1.165, 1.54) is 4.90 Å². The molecule has 17 heavy (non-hydrogen) atoms. The van der Waals surface area contributed by atoms with Crippen LogP contribution >= 0.6 is 0 Å². The number of nitrogens with zero attached hydrogens (tertiary/aromatic N) is 2. The molecular formula is C11H19N3O3. The summed E-state index contributed by atoms with van der Waals surface area (Å²) in [6, 6.07) is -0.307. The predicted molar refractivity (Wildman–Crippen MR) is 61.4 cm³/mol. The van der Waals surface area contributed by atoms with Crippen LogP contribution in [-0.4, -0.2) is 65.2 Å². The molecule has 0 aromatic heterocycles. The fourth-order valence-electron chi connectivity index (χ4n) is 2.44. The minimum atomic E-state index is -0.643. The molecule has 0 saturated carbocycles. The molecule has 96 valence electrons. The Labute approximate surface area is 101 Å². The van der Waals surface area contributed by atoms with E-state index in [1.54, 1.807) is 0 Å². The Morgan fingerprint density at radius 3 is 2.76 bits per heavy atom. The van der Waals surface area contributed by atoms with Crippen LogP contribution < -0.4 is 5.32 Å². The molecule has 2 rings (SSSR count). The topological polar surface area (TPSA) is 72.9 Å². The van der Waals surface area contributed by atoms with Gasteiger partial charge in [-0.15, -0.1) is 0 Å². The van der Waals surface area contributed by atoms with Gasteiger partial charge in [-0.2, -0.15) is 0 Å². The van der Waals surface area contributed by atoms with Crippen molar-refractivity contribution in [2.45, 2.75) is 25.4 Å². The van der Waals surface area contributed by atoms with E-state index in [4.69, 9.17) is 0 Å². The predicted octanol–water partition coefficient (Wildman–Crippen LogP) is -0.615. The number of β-amino-alcohol motifs (C(OH)–C–C–N with tert-alkyl or cyclic N) is 1. The number of hydrogen-bond acceptors (Lipinski definition) is 4. The zero-order valence-corrected chi connectivity index (χ0v) is 10.1. The fourth-order valence-corrected chi connectivity index (χ4v) is 2.44. The molecule has 0 aromatic rings. The number of nitrogens with one attached hydrogen (secondary N) is 1. The van der Waals surface area contributed by atoms with Gasteiger partial charge in [0.15, 0.2) is 0 Å². The van der Waals surface area contributed by atoms with Crippen molar-refractivity contribution < 1.29 is 14.7 Å². The summed E-state index contributed by atoms with van der Waals surface area (Å²) in [4.78, 5) is 26.0. The van der Waals surface area contributed by atoms with Gasteiger partial charge in [0.05, 0.1) is 12.1 Å². The summed E-state index contributed by atoms with van der Waals surface area (Å²) in [6.07, 6.45) is 1.76. The third kappa shape index (κ3) is 2.95. The Kier molecular flexibility index (Phi) is 3.35. The maximum absolute atomic E-state index is 11.4. The molecule has 1 unspecified atom stereocenters. The Morgan fingerprint density at radius 2 is 2.18 bits per heavy atom. The van der Waals surface area contributed by atoms with E-state index >= 15 is 0 Å². The second-order valence-electron chi connectivity index (χ2n) is 5.08. The number of urea groups is 1. The number of amides is 3. The summed E-state index contributed by atoms with van der Waals surface area (Å²) in [7, 11) is 0. The van der Waals surface area contributed by atoms with Gasteiger partial charge in [0.1, 0.15) is 0 Å². The van der Waals surface area contributed by atoms with Crippen LogP contribution in [0, 0.1) is 0 Å². The second kappa shape index (κ2) is 4.62. The van der Waals surface area contributed by atoms with Crippen molar-refractivity contribution in [2.24, 2.45) is 0 Å². The van der Waals surface area contributed by atoms with Crippen LogP contribution in [0.25, 0.3) is 0 Å². The van der Waals surface area contributed by atoms with Crippen molar-refractivity contribution >= 4 is 11.9 Å². The van der Waals surface area contributed by atoms with Gasteiger partial charge in [0.25, 0.3) is 0 Å². The van der Waals surface area contributed by atoms with Gasteiger partial charge in [-0.1, -0.05) is 0 Å². The maximum atomic E-state index is 11.4. The SMILES string of the molecule is CC1(O)CCCN(CCN2C(=O)CNC2=O)C1. The van der Waals surface area contributed by atoms with Crippen molar-refractivity contribution in [3.8, 4) is 0 Å². The minimum absolute atomic E-state index is 0.108. The summed E-state index contributed by atoms with van der Waals surface area (Å²) in [5.41, 5.74) is -0.643. The van der Waals surface area contributed by atoms with Crippen LogP contribution in [0.15, 0.2) is 0 Å². The van der Waals surface area contributed by atoms with E-state index in [9.17, 15) is 14.7 Å². The normalized spacial score (nSPS) is 30.8. The fraction of sp³-hybridized carbons (Fsp3) is 0.818. The molecule has 1 atom stereocenters. The lowest BCUT2D eigenvalue weighted by molar-refractivity contribution is -0.125. The van der Waals surface area contributed by atoms with Crippen molar-refractivity contribution in [1.82, 2.24) is 15.1 Å². The van der Waals surface area contributed by atoms with Crippen LogP contribution in [-0.2, 0) is 4.79 Å². The summed E-state index contributed by atoms with van der Waals surface area (Å²) in [6.45, 7) is 4.50. The van der Waals surface area contributed by atoms with Gasteiger partial charge in [-0.3, -0.25) is 14.6 Å². The molecule has 0 spiro atoms. The second-order valence-corrected chi connectivity index (χ2v) is 5.08. The molecule has 2 aliphatic heterocycles. The van der Waals surface area contributed by atoms with Crippen molar-refractivity contribution in [1.29, 1.82) is 0 Å². The highest BCUT2D eigenvalue weighted by Crippen LogP contribution is 2.19. The number of rotatable bonds is 3. The van der Waals surface area contributed by atoms with Crippen LogP contribution in [0.5, 0.6) is 0 Å². The zero-order chi connectivity index (χ0) is 12.5. The average molecular weight is 241 g/mol. The van der Waals surface area contributed by atoms with Gasteiger partial charge in [-0.25, -0.2) is 4.79 Å². The quantitative estimate of drug-likeness (QED) is 0.646. The molecule has 0 aliphatic carbocycles. The minimum Gasteiger partial charge on any atom is -0.389 e. The lowest BCUT2D eigenvalue weighted by Gasteiger charge is -2.37. The first kappa shape index (κ1) is 12.3. The van der Waals surface area contributed by atoms with Crippen LogP contribution in [0.4, 0.5) is 4.79 Å². The number of imide groups is 1. The highest BCUT2D eigenvalue weighted by Gasteiger charge is 2.31. The van der Waals surface area contributed by atoms with E-state index in [0.29, 0.717) is 19.6 Å². The molecule has 0 radical (unpaired) electrons. The number of aliphatic hydroxyl groups is 1. The van der Waals surface area contributed by atoms with Gasteiger partial charge >= 0.3 is 6.03 Å². The highest BCUT2D eigenvalue weighted by molar-refractivity contribution is 6.01. The first-order valence-corrected chi connectivity index (χ1v) is 6.01. The van der Waals surface area contributed by atoms with Crippen molar-refractivity contribution in [3.63, 3.8) is 0 Å². The standard InChI is InChI=1S/C11H19N3O3/c1-11(17)3-2-4-13(8-11)5-6-14-9(15)7-12-10(14)16/h17H,2-8H2,1H3,(H,12,16). The maximum Gasteiger partial charge on any atom is 0.324 e. The molecule has 0 aromatic carbocycles. The monoisotopic (exact) mass is 241 g/mol. The molecule has 0 bridgehead atoms. The zero-order valence-electron chi connectivity index (χ0n) is 10.1. The third-order valence-electron chi connectivity index (χ3n) is 3.33. The van der Waals surface area contributed by atoms with Crippen molar-refractivity contribution in [3.05, 3.63) is 0 Å². The number of hydrogen-bond donors (Lipinski definition) is 2. The summed E-state index contributed by atoms with van der Waals surface area (Å²) < 4.78 is 0. The highest BCUT2D eigenvalue weighted by atomic mass is 16.3. The lowest BCUT2D eigenvalue weighted by Crippen LogP contribution is -2.48. The van der Waals surface area contributed by atoms with E-state index < -0.39 is 5.60 Å². The first-order chi connectivity index (χ1) is 7.98. The summed E-state index contributed by atoms with van der Waals surface area (Å²) >= 11 is 0.